The molecule has 2 rings (SSSR count). The molecular formula is C16H24ClN3O. The maximum Gasteiger partial charge on any atom is 0.317 e. The van der Waals surface area contributed by atoms with E-state index in [-0.39, 0.29) is 6.03 Å². The number of hydrogen-bond donors (Lipinski definition) is 1. The van der Waals surface area contributed by atoms with Crippen molar-refractivity contribution in [1.29, 1.82) is 0 Å². The van der Waals surface area contributed by atoms with Gasteiger partial charge in [0.05, 0.1) is 0 Å². The van der Waals surface area contributed by atoms with Crippen molar-refractivity contribution in [3.05, 3.63) is 28.8 Å². The summed E-state index contributed by atoms with van der Waals surface area (Å²) in [5, 5.41) is 3.77. The van der Waals surface area contributed by atoms with E-state index in [1.807, 2.05) is 24.0 Å². The zero-order valence-corrected chi connectivity index (χ0v) is 13.6. The Labute approximate surface area is 132 Å². The molecule has 0 aliphatic carbocycles. The topological polar surface area (TPSA) is 35.6 Å². The summed E-state index contributed by atoms with van der Waals surface area (Å²) in [6.45, 7) is 8.14. The minimum Gasteiger partial charge on any atom is -0.368 e. The van der Waals surface area contributed by atoms with Crippen molar-refractivity contribution in [2.24, 2.45) is 0 Å². The number of halogens is 1. The number of benzene rings is 1. The molecule has 1 heterocycles. The van der Waals surface area contributed by atoms with Gasteiger partial charge in [-0.05, 0) is 31.0 Å². The van der Waals surface area contributed by atoms with Crippen LogP contribution in [0.25, 0.3) is 0 Å². The van der Waals surface area contributed by atoms with Crippen molar-refractivity contribution in [3.8, 4) is 0 Å². The highest BCUT2D eigenvalue weighted by atomic mass is 35.5. The Hall–Kier alpha value is -1.42. The van der Waals surface area contributed by atoms with Crippen LogP contribution in [0, 0.1) is 6.92 Å². The third-order valence-electron chi connectivity index (χ3n) is 3.95. The van der Waals surface area contributed by atoms with Crippen LogP contribution in [0.2, 0.25) is 5.02 Å². The summed E-state index contributed by atoms with van der Waals surface area (Å²) in [5.74, 6) is 0. The van der Waals surface area contributed by atoms with Gasteiger partial charge in [-0.25, -0.2) is 4.79 Å². The molecule has 1 aromatic rings. The molecule has 1 fully saturated rings. The molecular weight excluding hydrogens is 286 g/mol. The lowest BCUT2D eigenvalue weighted by molar-refractivity contribution is 0.194. The lowest BCUT2D eigenvalue weighted by Gasteiger charge is -2.36. The van der Waals surface area contributed by atoms with Crippen LogP contribution >= 0.6 is 11.6 Å². The van der Waals surface area contributed by atoms with Gasteiger partial charge in [0, 0.05) is 43.4 Å². The molecule has 2 amide bonds. The lowest BCUT2D eigenvalue weighted by atomic mass is 10.1. The zero-order valence-electron chi connectivity index (χ0n) is 12.9. The van der Waals surface area contributed by atoms with E-state index < -0.39 is 0 Å². The average molecular weight is 310 g/mol. The number of amides is 2. The molecule has 21 heavy (non-hydrogen) atoms. The molecule has 116 valence electrons. The van der Waals surface area contributed by atoms with Crippen molar-refractivity contribution in [2.45, 2.75) is 26.7 Å². The fourth-order valence-electron chi connectivity index (χ4n) is 2.57. The number of unbranched alkanes of at least 4 members (excludes halogenated alkanes) is 1. The van der Waals surface area contributed by atoms with E-state index in [0.29, 0.717) is 0 Å². The fourth-order valence-corrected chi connectivity index (χ4v) is 2.74. The minimum atomic E-state index is 0.0610. The van der Waals surface area contributed by atoms with Gasteiger partial charge in [-0.2, -0.15) is 0 Å². The molecule has 4 nitrogen and oxygen atoms in total. The number of nitrogens with one attached hydrogen (secondary N) is 1. The van der Waals surface area contributed by atoms with Crippen molar-refractivity contribution in [2.75, 3.05) is 37.6 Å². The Bertz CT molecular complexity index is 484. The van der Waals surface area contributed by atoms with Gasteiger partial charge >= 0.3 is 6.03 Å². The minimum absolute atomic E-state index is 0.0610. The normalized spacial score (nSPS) is 15.2. The van der Waals surface area contributed by atoms with E-state index in [1.54, 1.807) is 0 Å². The van der Waals surface area contributed by atoms with Gasteiger partial charge in [0.15, 0.2) is 0 Å². The van der Waals surface area contributed by atoms with Crippen LogP contribution in [0.1, 0.15) is 25.3 Å². The highest BCUT2D eigenvalue weighted by molar-refractivity contribution is 6.31. The van der Waals surface area contributed by atoms with Crippen LogP contribution in [0.3, 0.4) is 0 Å². The van der Waals surface area contributed by atoms with Crippen molar-refractivity contribution >= 4 is 23.3 Å². The Morgan fingerprint density at radius 2 is 2.00 bits per heavy atom. The number of urea groups is 1. The molecule has 0 bridgehead atoms. The van der Waals surface area contributed by atoms with Crippen molar-refractivity contribution in [3.63, 3.8) is 0 Å². The summed E-state index contributed by atoms with van der Waals surface area (Å²) >= 11 is 6.18. The Balaban J connectivity index is 1.88. The first-order valence-corrected chi connectivity index (χ1v) is 8.04. The van der Waals surface area contributed by atoms with E-state index in [1.165, 1.54) is 5.69 Å². The van der Waals surface area contributed by atoms with E-state index >= 15 is 0 Å². The second-order valence-corrected chi connectivity index (χ2v) is 5.85. The molecule has 5 heteroatoms. The highest BCUT2D eigenvalue weighted by Gasteiger charge is 2.22. The van der Waals surface area contributed by atoms with E-state index in [9.17, 15) is 4.79 Å². The van der Waals surface area contributed by atoms with Gasteiger partial charge < -0.3 is 15.1 Å². The number of nitrogens with zero attached hydrogens (tertiary/aromatic N) is 2. The predicted molar refractivity (Wildman–Crippen MR) is 88.3 cm³/mol. The third-order valence-corrected chi connectivity index (χ3v) is 4.36. The molecule has 0 unspecified atom stereocenters. The molecule has 1 aromatic carbocycles. The molecule has 1 aliphatic heterocycles. The Kier molecular flexibility index (Phi) is 5.74. The smallest absolute Gasteiger partial charge is 0.317 e. The van der Waals surface area contributed by atoms with Gasteiger partial charge in [0.2, 0.25) is 0 Å². The lowest BCUT2D eigenvalue weighted by Crippen LogP contribution is -2.52. The fraction of sp³-hybridized carbons (Fsp3) is 0.562. The molecule has 0 aromatic heterocycles. The number of carbonyl (C=O) groups is 1. The van der Waals surface area contributed by atoms with Gasteiger partial charge in [0.25, 0.3) is 0 Å². The highest BCUT2D eigenvalue weighted by Crippen LogP contribution is 2.27. The van der Waals surface area contributed by atoms with Gasteiger partial charge in [0.1, 0.15) is 0 Å². The monoisotopic (exact) mass is 309 g/mol. The summed E-state index contributed by atoms with van der Waals surface area (Å²) in [7, 11) is 0. The van der Waals surface area contributed by atoms with Gasteiger partial charge in [-0.3, -0.25) is 0 Å². The van der Waals surface area contributed by atoms with Crippen molar-refractivity contribution < 1.29 is 4.79 Å². The van der Waals surface area contributed by atoms with Gasteiger partial charge in [-0.15, -0.1) is 0 Å². The van der Waals surface area contributed by atoms with Crippen LogP contribution in [-0.2, 0) is 0 Å². The van der Waals surface area contributed by atoms with Crippen molar-refractivity contribution in [1.82, 2.24) is 10.2 Å². The Morgan fingerprint density at radius 1 is 1.29 bits per heavy atom. The van der Waals surface area contributed by atoms with Crippen LogP contribution in [0.5, 0.6) is 0 Å². The summed E-state index contributed by atoms with van der Waals surface area (Å²) < 4.78 is 0. The molecule has 0 atom stereocenters. The first kappa shape index (κ1) is 16.0. The maximum absolute atomic E-state index is 12.0. The van der Waals surface area contributed by atoms with Gasteiger partial charge in [-0.1, -0.05) is 31.0 Å². The zero-order chi connectivity index (χ0) is 15.2. The third kappa shape index (κ3) is 4.03. The van der Waals surface area contributed by atoms with Crippen LogP contribution in [0.4, 0.5) is 10.5 Å². The summed E-state index contributed by atoms with van der Waals surface area (Å²) in [4.78, 5) is 16.2. The summed E-state index contributed by atoms with van der Waals surface area (Å²) in [6.07, 6.45) is 2.13. The SMILES string of the molecule is CCCCNC(=O)N1CCN(c2cccc(Cl)c2C)CC1. The molecule has 0 spiro atoms. The number of piperazine rings is 1. The second-order valence-electron chi connectivity index (χ2n) is 5.44. The first-order valence-electron chi connectivity index (χ1n) is 7.66. The Morgan fingerprint density at radius 3 is 2.67 bits per heavy atom. The quantitative estimate of drug-likeness (QED) is 0.866. The number of carbonyl (C=O) groups excluding carboxylic acids is 1. The molecule has 0 saturated carbocycles. The van der Waals surface area contributed by atoms with Crippen LogP contribution < -0.4 is 10.2 Å². The molecule has 1 N–H and O–H groups in total. The summed E-state index contributed by atoms with van der Waals surface area (Å²) in [6, 6.07) is 6.05. The first-order chi connectivity index (χ1) is 10.1. The standard InChI is InChI=1S/C16H24ClN3O/c1-3-4-8-18-16(21)20-11-9-19(10-12-20)15-7-5-6-14(17)13(15)2/h5-7H,3-4,8-12H2,1-2H3,(H,18,21). The number of hydrogen-bond acceptors (Lipinski definition) is 2. The maximum atomic E-state index is 12.0. The van der Waals surface area contributed by atoms with Crippen LogP contribution in [0.15, 0.2) is 18.2 Å². The van der Waals surface area contributed by atoms with E-state index in [0.717, 1.165) is 56.2 Å². The average Bonchev–Trinajstić information content (AvgIpc) is 2.50. The van der Waals surface area contributed by atoms with E-state index in [2.05, 4.69) is 23.2 Å². The number of anilines is 1. The molecule has 1 saturated heterocycles. The summed E-state index contributed by atoms with van der Waals surface area (Å²) in [5.41, 5.74) is 2.29. The van der Waals surface area contributed by atoms with Crippen LogP contribution in [-0.4, -0.2) is 43.7 Å². The second kappa shape index (κ2) is 7.55. The molecule has 1 aliphatic rings. The molecule has 0 radical (unpaired) electrons. The number of rotatable bonds is 4. The largest absolute Gasteiger partial charge is 0.368 e. The van der Waals surface area contributed by atoms with E-state index in [4.69, 9.17) is 11.6 Å². The predicted octanol–water partition coefficient (Wildman–Crippen LogP) is 3.28.